The van der Waals surface area contributed by atoms with Gasteiger partial charge in [0.2, 0.25) is 0 Å². The van der Waals surface area contributed by atoms with Crippen LogP contribution in [0.25, 0.3) is 0 Å². The Morgan fingerprint density at radius 3 is 2.45 bits per heavy atom. The third-order valence-electron chi connectivity index (χ3n) is 4.17. The largest absolute Gasteiger partial charge is 0.497 e. The normalized spacial score (nSPS) is 11.9. The van der Waals surface area contributed by atoms with Crippen molar-refractivity contribution in [3.05, 3.63) is 59.4 Å². The molecule has 7 nitrogen and oxygen atoms in total. The summed E-state index contributed by atoms with van der Waals surface area (Å²) in [7, 11) is 3.06. The number of rotatable bonds is 8. The fourth-order valence-electron chi connectivity index (χ4n) is 2.56. The lowest BCUT2D eigenvalue weighted by Gasteiger charge is -2.20. The number of carbonyl (C=O) groups excluding carboxylic acids is 2. The molecular formula is C21H24FN3O4. The fourth-order valence-corrected chi connectivity index (χ4v) is 2.56. The van der Waals surface area contributed by atoms with Gasteiger partial charge in [0.05, 0.1) is 26.0 Å². The van der Waals surface area contributed by atoms with Crippen LogP contribution in [0.3, 0.4) is 0 Å². The lowest BCUT2D eigenvalue weighted by molar-refractivity contribution is -0.123. The highest BCUT2D eigenvalue weighted by Gasteiger charge is 2.25. The van der Waals surface area contributed by atoms with E-state index < -0.39 is 23.7 Å². The second-order valence-electron chi connectivity index (χ2n) is 6.52. The van der Waals surface area contributed by atoms with E-state index in [1.807, 2.05) is 0 Å². The maximum atomic E-state index is 13.8. The maximum Gasteiger partial charge on any atom is 0.262 e. The van der Waals surface area contributed by atoms with Crippen LogP contribution in [-0.4, -0.2) is 38.3 Å². The quantitative estimate of drug-likeness (QED) is 0.526. The molecule has 0 bridgehead atoms. The molecule has 0 aliphatic heterocycles. The molecule has 0 aromatic heterocycles. The van der Waals surface area contributed by atoms with Gasteiger partial charge in [0.1, 0.15) is 23.4 Å². The van der Waals surface area contributed by atoms with Gasteiger partial charge < -0.3 is 14.8 Å². The molecular weight excluding hydrogens is 377 g/mol. The van der Waals surface area contributed by atoms with Gasteiger partial charge in [-0.2, -0.15) is 5.10 Å². The van der Waals surface area contributed by atoms with Gasteiger partial charge in [0.15, 0.2) is 0 Å². The maximum absolute atomic E-state index is 13.8. The predicted octanol–water partition coefficient (Wildman–Crippen LogP) is 2.75. The third-order valence-corrected chi connectivity index (χ3v) is 4.17. The van der Waals surface area contributed by atoms with Crippen LogP contribution in [0.2, 0.25) is 0 Å². The summed E-state index contributed by atoms with van der Waals surface area (Å²) in [5.41, 5.74) is 2.90. The summed E-state index contributed by atoms with van der Waals surface area (Å²) in [6, 6.07) is 9.84. The van der Waals surface area contributed by atoms with Crippen molar-refractivity contribution in [1.82, 2.24) is 10.7 Å². The first-order valence-corrected chi connectivity index (χ1v) is 8.97. The summed E-state index contributed by atoms with van der Waals surface area (Å²) >= 11 is 0. The molecule has 29 heavy (non-hydrogen) atoms. The van der Waals surface area contributed by atoms with Crippen molar-refractivity contribution in [2.45, 2.75) is 19.9 Å². The first kappa shape index (κ1) is 21.9. The van der Waals surface area contributed by atoms with Crippen molar-refractivity contribution in [2.75, 3.05) is 14.2 Å². The number of hydrogen-bond donors (Lipinski definition) is 2. The molecule has 1 unspecified atom stereocenters. The Bertz CT molecular complexity index is 899. The second-order valence-corrected chi connectivity index (χ2v) is 6.52. The Balaban J connectivity index is 2.07. The second kappa shape index (κ2) is 10.2. The van der Waals surface area contributed by atoms with Crippen LogP contribution in [0.4, 0.5) is 4.39 Å². The molecule has 0 saturated carbocycles. The Morgan fingerprint density at radius 1 is 1.10 bits per heavy atom. The van der Waals surface area contributed by atoms with Crippen LogP contribution < -0.4 is 20.2 Å². The molecule has 0 spiro atoms. The summed E-state index contributed by atoms with van der Waals surface area (Å²) in [6.07, 6.45) is 1.42. The van der Waals surface area contributed by atoms with E-state index in [9.17, 15) is 14.0 Å². The van der Waals surface area contributed by atoms with E-state index in [-0.39, 0.29) is 11.5 Å². The fraction of sp³-hybridized carbons (Fsp3) is 0.286. The first-order chi connectivity index (χ1) is 13.9. The molecule has 0 fully saturated rings. The molecule has 2 aromatic rings. The zero-order valence-corrected chi connectivity index (χ0v) is 16.7. The van der Waals surface area contributed by atoms with Gasteiger partial charge in [0, 0.05) is 11.6 Å². The third kappa shape index (κ3) is 5.78. The molecule has 0 aliphatic rings. The van der Waals surface area contributed by atoms with Gasteiger partial charge in [-0.05, 0) is 30.2 Å². The molecule has 2 N–H and O–H groups in total. The van der Waals surface area contributed by atoms with E-state index >= 15 is 0 Å². The van der Waals surface area contributed by atoms with Crippen molar-refractivity contribution in [3.8, 4) is 11.5 Å². The minimum absolute atomic E-state index is 0.127. The topological polar surface area (TPSA) is 89.0 Å². The van der Waals surface area contributed by atoms with Gasteiger partial charge in [-0.15, -0.1) is 0 Å². The van der Waals surface area contributed by atoms with Crippen LogP contribution in [0.5, 0.6) is 11.5 Å². The minimum Gasteiger partial charge on any atom is -0.497 e. The molecule has 8 heteroatoms. The zero-order valence-electron chi connectivity index (χ0n) is 16.7. The molecule has 154 valence electrons. The summed E-state index contributed by atoms with van der Waals surface area (Å²) < 4.78 is 24.2. The molecule has 1 atom stereocenters. The predicted molar refractivity (Wildman–Crippen MR) is 108 cm³/mol. The molecule has 2 aromatic carbocycles. The number of carbonyl (C=O) groups is 2. The van der Waals surface area contributed by atoms with Crippen molar-refractivity contribution < 1.29 is 23.5 Å². The summed E-state index contributed by atoms with van der Waals surface area (Å²) in [4.78, 5) is 24.8. The van der Waals surface area contributed by atoms with Crippen LogP contribution in [0.15, 0.2) is 47.6 Å². The van der Waals surface area contributed by atoms with Crippen molar-refractivity contribution in [1.29, 1.82) is 0 Å². The van der Waals surface area contributed by atoms with Crippen LogP contribution in [-0.2, 0) is 4.79 Å². The molecule has 0 aliphatic carbocycles. The number of nitrogens with one attached hydrogen (secondary N) is 2. The van der Waals surface area contributed by atoms with Gasteiger partial charge >= 0.3 is 0 Å². The number of halogens is 1. The van der Waals surface area contributed by atoms with E-state index in [4.69, 9.17) is 9.47 Å². The van der Waals surface area contributed by atoms with Gasteiger partial charge in [-0.3, -0.25) is 9.59 Å². The average Bonchev–Trinajstić information content (AvgIpc) is 2.71. The van der Waals surface area contributed by atoms with E-state index in [2.05, 4.69) is 15.8 Å². The van der Waals surface area contributed by atoms with E-state index in [0.29, 0.717) is 17.1 Å². The number of benzene rings is 2. The van der Waals surface area contributed by atoms with Crippen LogP contribution in [0, 0.1) is 11.7 Å². The minimum atomic E-state index is -0.892. The van der Waals surface area contributed by atoms with Crippen LogP contribution in [0.1, 0.15) is 29.8 Å². The SMILES string of the molecule is COc1ccc(C=NNC(=O)C(NC(=O)c2ccccc2F)C(C)C)c(OC)c1. The molecule has 2 amide bonds. The zero-order chi connectivity index (χ0) is 21.4. The standard InChI is InChI=1S/C21H24FN3O4/c1-13(2)19(24-20(26)16-7-5-6-8-17(16)22)21(27)25-23-12-14-9-10-15(28-3)11-18(14)29-4/h5-13,19H,1-4H3,(H,24,26)(H,25,27). The van der Waals surface area contributed by atoms with E-state index in [0.717, 1.165) is 0 Å². The van der Waals surface area contributed by atoms with Crippen molar-refractivity contribution in [2.24, 2.45) is 11.0 Å². The van der Waals surface area contributed by atoms with Crippen molar-refractivity contribution >= 4 is 18.0 Å². The van der Waals surface area contributed by atoms with Gasteiger partial charge in [0.25, 0.3) is 11.8 Å². The highest BCUT2D eigenvalue weighted by atomic mass is 19.1. The Hall–Kier alpha value is -3.42. The molecule has 0 saturated heterocycles. The highest BCUT2D eigenvalue weighted by Crippen LogP contribution is 2.23. The number of methoxy groups -OCH3 is 2. The van der Waals surface area contributed by atoms with Crippen molar-refractivity contribution in [3.63, 3.8) is 0 Å². The molecule has 0 heterocycles. The number of amides is 2. The molecule has 2 rings (SSSR count). The summed E-state index contributed by atoms with van der Waals surface area (Å²) in [5.74, 6) is -0.936. The number of hydrazone groups is 1. The Labute approximate surface area is 168 Å². The Morgan fingerprint density at radius 2 is 1.83 bits per heavy atom. The van der Waals surface area contributed by atoms with Gasteiger partial charge in [-0.1, -0.05) is 26.0 Å². The highest BCUT2D eigenvalue weighted by molar-refractivity contribution is 5.98. The lowest BCUT2D eigenvalue weighted by Crippen LogP contribution is -2.48. The Kier molecular flexibility index (Phi) is 7.70. The molecule has 0 radical (unpaired) electrons. The lowest BCUT2D eigenvalue weighted by atomic mass is 10.0. The summed E-state index contributed by atoms with van der Waals surface area (Å²) in [6.45, 7) is 3.53. The smallest absolute Gasteiger partial charge is 0.262 e. The van der Waals surface area contributed by atoms with E-state index in [1.165, 1.54) is 31.5 Å². The first-order valence-electron chi connectivity index (χ1n) is 8.97. The monoisotopic (exact) mass is 401 g/mol. The van der Waals surface area contributed by atoms with Crippen LogP contribution >= 0.6 is 0 Å². The number of hydrogen-bond acceptors (Lipinski definition) is 5. The number of nitrogens with zero attached hydrogens (tertiary/aromatic N) is 1. The average molecular weight is 401 g/mol. The summed E-state index contributed by atoms with van der Waals surface area (Å²) in [5, 5.41) is 6.49. The van der Waals surface area contributed by atoms with E-state index in [1.54, 1.807) is 45.2 Å². The number of ether oxygens (including phenoxy) is 2. The van der Waals surface area contributed by atoms with Gasteiger partial charge in [-0.25, -0.2) is 9.82 Å².